The number of piperidine rings is 1. The summed E-state index contributed by atoms with van der Waals surface area (Å²) in [6.45, 7) is 3.65. The zero-order valence-electron chi connectivity index (χ0n) is 42.4. The van der Waals surface area contributed by atoms with Gasteiger partial charge in [0.1, 0.15) is 29.5 Å². The first-order valence-corrected chi connectivity index (χ1v) is 26.8. The lowest BCUT2D eigenvalue weighted by Crippen LogP contribution is -2.63. The summed E-state index contributed by atoms with van der Waals surface area (Å²) >= 11 is 6.74. The number of aryl methyl sites for hydroxylation is 1. The van der Waals surface area contributed by atoms with Gasteiger partial charge in [-0.1, -0.05) is 48.9 Å². The fourth-order valence-electron chi connectivity index (χ4n) is 13.6. The molecule has 2 atom stereocenters. The number of nitrogens with two attached hydrogens (primary N) is 1. The number of hydrogen-bond donors (Lipinski definition) is 4. The van der Waals surface area contributed by atoms with Gasteiger partial charge in [0.05, 0.1) is 22.6 Å². The van der Waals surface area contributed by atoms with Gasteiger partial charge in [-0.2, -0.15) is 5.10 Å². The topological polar surface area (TPSA) is 185 Å². The van der Waals surface area contributed by atoms with E-state index in [1.165, 1.54) is 33.8 Å². The molecule has 3 saturated heterocycles. The van der Waals surface area contributed by atoms with Crippen LogP contribution in [0.4, 0.5) is 28.2 Å². The average Bonchev–Trinajstić information content (AvgIpc) is 4.10. The third-order valence-electron chi connectivity index (χ3n) is 17.5. The van der Waals surface area contributed by atoms with Crippen molar-refractivity contribution in [1.82, 2.24) is 30.2 Å². The van der Waals surface area contributed by atoms with E-state index in [9.17, 15) is 24.3 Å². The Kier molecular flexibility index (Phi) is 13.8. The monoisotopic (exact) mass is 1070 g/mol. The summed E-state index contributed by atoms with van der Waals surface area (Å²) in [4.78, 5) is 57.5. The van der Waals surface area contributed by atoms with Crippen LogP contribution in [-0.4, -0.2) is 112 Å². The number of rotatable bonds is 13. The molecule has 76 heavy (non-hydrogen) atoms. The largest absolute Gasteiger partial charge is 0.488 e. The first kappa shape index (κ1) is 51.8. The van der Waals surface area contributed by atoms with E-state index >= 15 is 17.6 Å². The maximum atomic E-state index is 16.5. The molecule has 2 saturated carbocycles. The molecule has 5 heterocycles. The molecule has 20 heteroatoms. The van der Waals surface area contributed by atoms with Crippen LogP contribution >= 0.6 is 11.6 Å². The lowest BCUT2D eigenvalue weighted by Gasteiger charge is -2.55. The lowest BCUT2D eigenvalue weighted by atomic mass is 9.69. The van der Waals surface area contributed by atoms with Gasteiger partial charge in [0.25, 0.3) is 0 Å². The molecule has 15 nitrogen and oxygen atoms in total. The number of urea groups is 1. The van der Waals surface area contributed by atoms with Crippen molar-refractivity contribution in [2.75, 3.05) is 50.8 Å². The average molecular weight is 1070 g/mol. The third kappa shape index (κ3) is 8.74. The second-order valence-electron chi connectivity index (χ2n) is 21.6. The van der Waals surface area contributed by atoms with Gasteiger partial charge in [0, 0.05) is 90.9 Å². The van der Waals surface area contributed by atoms with Crippen molar-refractivity contribution in [3.63, 3.8) is 0 Å². The number of anilines is 1. The van der Waals surface area contributed by atoms with Gasteiger partial charge in [-0.15, -0.1) is 0 Å². The standard InChI is InChI=1S/C56H61ClF4N8O7/c1-30-43-41(26-39(59)47(57)46(43)45-36(51(62)72)13-14-40(48(45)60)75-24-23-70)76-56(30,33-7-4-3-5-8-33)29-63-34-11-9-32(10-12-34)53(73)69-19-6-18-55(69)27-35(28-55)67-20-15-31(16-21-67)44-38(58)25-37-50(49(44)61)66(2)65-52(37)68-22-17-42(71)64-54(68)74/h3-5,7-8,13-14,25-26,30-32,34-35,63,70H,6,9-12,15-24,27-29H2,1-2H3,(H2,62,72)(H,64,71,74)/t30-,32?,34?,35?,55?,56-/m0/s1. The number of aromatic nitrogens is 2. The van der Waals surface area contributed by atoms with Gasteiger partial charge in [0.2, 0.25) is 17.7 Å². The third-order valence-corrected chi connectivity index (χ3v) is 17.9. The van der Waals surface area contributed by atoms with Crippen LogP contribution in [0.1, 0.15) is 116 Å². The highest BCUT2D eigenvalue weighted by atomic mass is 35.5. The van der Waals surface area contributed by atoms with Crippen molar-refractivity contribution >= 4 is 52.1 Å². The molecule has 1 aromatic heterocycles. The van der Waals surface area contributed by atoms with Gasteiger partial charge in [-0.25, -0.2) is 22.4 Å². The van der Waals surface area contributed by atoms with Crippen LogP contribution in [0.25, 0.3) is 22.0 Å². The van der Waals surface area contributed by atoms with Crippen molar-refractivity contribution < 1.29 is 51.3 Å². The van der Waals surface area contributed by atoms with Crippen LogP contribution in [0.3, 0.4) is 0 Å². The number of carbonyl (C=O) groups excluding carboxylic acids is 4. The summed E-state index contributed by atoms with van der Waals surface area (Å²) in [6.07, 6.45) is 7.64. The zero-order valence-corrected chi connectivity index (χ0v) is 43.2. The number of halogens is 5. The van der Waals surface area contributed by atoms with E-state index in [1.54, 1.807) is 7.05 Å². The van der Waals surface area contributed by atoms with Gasteiger partial charge >= 0.3 is 6.03 Å². The van der Waals surface area contributed by atoms with Crippen LogP contribution in [0.5, 0.6) is 11.5 Å². The molecule has 5 amide bonds. The number of aliphatic hydroxyl groups excluding tert-OH is 1. The number of nitrogens with one attached hydrogen (secondary N) is 2. The van der Waals surface area contributed by atoms with Gasteiger partial charge in [-0.3, -0.25) is 29.3 Å². The van der Waals surface area contributed by atoms with Gasteiger partial charge < -0.3 is 35.4 Å². The van der Waals surface area contributed by atoms with Crippen molar-refractivity contribution in [1.29, 1.82) is 0 Å². The van der Waals surface area contributed by atoms with Crippen molar-refractivity contribution in [3.8, 4) is 22.6 Å². The molecule has 0 unspecified atom stereocenters. The Hall–Kier alpha value is -6.28. The van der Waals surface area contributed by atoms with Crippen LogP contribution in [0, 0.1) is 29.2 Å². The molecule has 1 spiro atoms. The highest BCUT2D eigenvalue weighted by Gasteiger charge is 2.56. The van der Waals surface area contributed by atoms with Crippen LogP contribution in [0.15, 0.2) is 54.6 Å². The molecular formula is C56H61ClF4N8O7. The van der Waals surface area contributed by atoms with Gasteiger partial charge in [0.15, 0.2) is 28.8 Å². The van der Waals surface area contributed by atoms with E-state index < -0.39 is 64.3 Å². The highest BCUT2D eigenvalue weighted by Crippen LogP contribution is 2.57. The number of fused-ring (bicyclic) bond motifs is 2. The molecule has 0 bridgehead atoms. The van der Waals surface area contributed by atoms with Crippen molar-refractivity contribution in [2.45, 2.75) is 113 Å². The summed E-state index contributed by atoms with van der Waals surface area (Å²) in [7, 11) is 1.56. The molecule has 402 valence electrons. The number of likely N-dealkylation sites (tertiary alicyclic amines) is 2. The molecule has 4 aliphatic heterocycles. The zero-order chi connectivity index (χ0) is 53.4. The van der Waals surface area contributed by atoms with Crippen molar-refractivity contribution in [3.05, 3.63) is 105 Å². The molecular weight excluding hydrogens is 1010 g/mol. The second-order valence-corrected chi connectivity index (χ2v) is 22.0. The van der Waals surface area contributed by atoms with E-state index in [2.05, 4.69) is 25.5 Å². The molecule has 5 fully saturated rings. The fraction of sp³-hybridized carbons (Fsp3) is 0.482. The molecule has 0 radical (unpaired) electrons. The first-order chi connectivity index (χ1) is 36.5. The number of primary amides is 1. The molecule has 6 aliphatic rings. The minimum absolute atomic E-state index is 0.0214. The molecule has 4 aromatic carbocycles. The van der Waals surface area contributed by atoms with Crippen LogP contribution in [-0.2, 0) is 22.2 Å². The number of ether oxygens (including phenoxy) is 2. The number of hydrogen-bond acceptors (Lipinski definition) is 10. The smallest absolute Gasteiger partial charge is 0.329 e. The number of carbonyl (C=O) groups is 4. The van der Waals surface area contributed by atoms with Crippen molar-refractivity contribution in [2.24, 2.45) is 18.7 Å². The summed E-state index contributed by atoms with van der Waals surface area (Å²) in [6, 6.07) is 14.1. The van der Waals surface area contributed by atoms with Crippen LogP contribution in [0.2, 0.25) is 5.02 Å². The summed E-state index contributed by atoms with van der Waals surface area (Å²) < 4.78 is 78.4. The normalized spacial score (nSPS) is 25.9. The quantitative estimate of drug-likeness (QED) is 0.0837. The maximum absolute atomic E-state index is 16.5. The Balaban J connectivity index is 0.731. The molecule has 5 aromatic rings. The van der Waals surface area contributed by atoms with E-state index in [0.29, 0.717) is 44.3 Å². The predicted molar refractivity (Wildman–Crippen MR) is 275 cm³/mol. The Morgan fingerprint density at radius 1 is 0.934 bits per heavy atom. The Morgan fingerprint density at radius 3 is 2.37 bits per heavy atom. The van der Waals surface area contributed by atoms with E-state index in [0.717, 1.165) is 50.6 Å². The number of imide groups is 1. The summed E-state index contributed by atoms with van der Waals surface area (Å²) in [5.74, 6) is -5.49. The first-order valence-electron chi connectivity index (χ1n) is 26.4. The Morgan fingerprint density at radius 2 is 1.67 bits per heavy atom. The van der Waals surface area contributed by atoms with Gasteiger partial charge in [-0.05, 0) is 107 Å². The summed E-state index contributed by atoms with van der Waals surface area (Å²) in [5.41, 5.74) is 5.12. The number of benzene rings is 4. The highest BCUT2D eigenvalue weighted by molar-refractivity contribution is 6.34. The number of amides is 5. The Bertz CT molecular complexity index is 3140. The maximum Gasteiger partial charge on any atom is 0.329 e. The minimum atomic E-state index is -1.14. The van der Waals surface area contributed by atoms with E-state index in [1.807, 2.05) is 37.3 Å². The molecule has 11 rings (SSSR count). The SMILES string of the molecule is C[C@H]1c2c(cc(F)c(Cl)c2-c2c(C(N)=O)ccc(OCCO)c2F)O[C@]1(CNC1CCC(C(=O)N2CCCC23CC(N2CCC(c4c(F)cc5c(N6CCC(=O)NC6=O)nn(C)c5c4F)CC2)C3)CC1)c1ccccc1. The number of aliphatic hydroxyl groups is 1. The van der Waals surface area contributed by atoms with E-state index in [-0.39, 0.29) is 112 Å². The van der Waals surface area contributed by atoms with E-state index in [4.69, 9.17) is 26.8 Å². The second kappa shape index (κ2) is 20.3. The lowest BCUT2D eigenvalue weighted by molar-refractivity contribution is -0.147. The number of nitrogens with zero attached hydrogens (tertiary/aromatic N) is 5. The molecule has 5 N–H and O–H groups in total. The molecule has 2 aliphatic carbocycles. The minimum Gasteiger partial charge on any atom is -0.488 e. The van der Waals surface area contributed by atoms with Crippen LogP contribution < -0.4 is 30.7 Å². The fourth-order valence-corrected chi connectivity index (χ4v) is 13.8. The Labute approximate surface area is 442 Å². The summed E-state index contributed by atoms with van der Waals surface area (Å²) in [5, 5.41) is 19.5. The predicted octanol–water partition coefficient (Wildman–Crippen LogP) is 8.31.